The normalized spacial score (nSPS) is 21.9. The first kappa shape index (κ1) is 11.4. The lowest BCUT2D eigenvalue weighted by Gasteiger charge is -2.07. The molecule has 0 N–H and O–H groups in total. The van der Waals surface area contributed by atoms with Crippen LogP contribution in [0.3, 0.4) is 0 Å². The number of aryl methyl sites for hydroxylation is 2. The molecular weight excluding hydrogens is 196 g/mol. The van der Waals surface area contributed by atoms with Crippen molar-refractivity contribution in [3.8, 4) is 0 Å². The summed E-state index contributed by atoms with van der Waals surface area (Å²) in [5.41, 5.74) is 3.93. The number of rotatable bonds is 3. The van der Waals surface area contributed by atoms with E-state index in [2.05, 4.69) is 45.9 Å². The molecular formula is C15H20O. The van der Waals surface area contributed by atoms with Crippen LogP contribution in [-0.2, 0) is 11.2 Å². The molecule has 1 nitrogen and oxygen atoms in total. The van der Waals surface area contributed by atoms with Crippen molar-refractivity contribution in [2.75, 3.05) is 0 Å². The van der Waals surface area contributed by atoms with Crippen molar-refractivity contribution in [3.05, 3.63) is 34.9 Å². The van der Waals surface area contributed by atoms with Crippen LogP contribution in [0.2, 0.25) is 0 Å². The van der Waals surface area contributed by atoms with Gasteiger partial charge >= 0.3 is 0 Å². The second kappa shape index (κ2) is 3.73. The zero-order valence-corrected chi connectivity index (χ0v) is 10.6. The summed E-state index contributed by atoms with van der Waals surface area (Å²) in [6, 6.07) is 6.35. The predicted molar refractivity (Wildman–Crippen MR) is 66.5 cm³/mol. The maximum Gasteiger partial charge on any atom is 0.140 e. The summed E-state index contributed by atoms with van der Waals surface area (Å²) in [4.78, 5) is 12.1. The molecule has 0 bridgehead atoms. The molecule has 86 valence electrons. The molecule has 0 radical (unpaired) electrons. The molecule has 0 saturated heterocycles. The zero-order valence-electron chi connectivity index (χ0n) is 10.6. The van der Waals surface area contributed by atoms with Crippen LogP contribution < -0.4 is 0 Å². The Balaban J connectivity index is 2.10. The molecule has 0 spiro atoms. The molecule has 1 heteroatoms. The van der Waals surface area contributed by atoms with E-state index in [4.69, 9.17) is 0 Å². The third kappa shape index (κ3) is 2.18. The summed E-state index contributed by atoms with van der Waals surface area (Å²) >= 11 is 0. The van der Waals surface area contributed by atoms with E-state index in [1.165, 1.54) is 16.7 Å². The van der Waals surface area contributed by atoms with Gasteiger partial charge in [0.15, 0.2) is 0 Å². The van der Waals surface area contributed by atoms with Crippen molar-refractivity contribution in [2.24, 2.45) is 11.3 Å². The topological polar surface area (TPSA) is 17.1 Å². The van der Waals surface area contributed by atoms with Gasteiger partial charge < -0.3 is 0 Å². The first-order chi connectivity index (χ1) is 7.40. The molecule has 1 aromatic carbocycles. The van der Waals surface area contributed by atoms with Gasteiger partial charge in [0.1, 0.15) is 5.78 Å². The van der Waals surface area contributed by atoms with Gasteiger partial charge in [-0.15, -0.1) is 0 Å². The Morgan fingerprint density at radius 3 is 2.56 bits per heavy atom. The zero-order chi connectivity index (χ0) is 11.9. The van der Waals surface area contributed by atoms with Gasteiger partial charge in [-0.3, -0.25) is 4.79 Å². The molecule has 0 aromatic heterocycles. The van der Waals surface area contributed by atoms with Crippen LogP contribution in [0.5, 0.6) is 0 Å². The smallest absolute Gasteiger partial charge is 0.140 e. The van der Waals surface area contributed by atoms with E-state index in [0.29, 0.717) is 18.1 Å². The highest BCUT2D eigenvalue weighted by Crippen LogP contribution is 2.52. The second-order valence-corrected chi connectivity index (χ2v) is 5.82. The highest BCUT2D eigenvalue weighted by molar-refractivity contribution is 5.86. The first-order valence-electron chi connectivity index (χ1n) is 5.99. The molecule has 1 unspecified atom stereocenters. The first-order valence-corrected chi connectivity index (χ1v) is 5.99. The monoisotopic (exact) mass is 216 g/mol. The number of benzene rings is 1. The maximum absolute atomic E-state index is 12.1. The van der Waals surface area contributed by atoms with E-state index >= 15 is 0 Å². The van der Waals surface area contributed by atoms with Gasteiger partial charge in [-0.1, -0.05) is 37.6 Å². The highest BCUT2D eigenvalue weighted by atomic mass is 16.1. The molecule has 1 aliphatic carbocycles. The number of carbonyl (C=O) groups is 1. The Morgan fingerprint density at radius 1 is 1.38 bits per heavy atom. The Labute approximate surface area is 97.9 Å². The summed E-state index contributed by atoms with van der Waals surface area (Å²) in [5, 5.41) is 0. The quantitative estimate of drug-likeness (QED) is 0.756. The molecule has 1 atom stereocenters. The van der Waals surface area contributed by atoms with Crippen molar-refractivity contribution >= 4 is 5.78 Å². The molecule has 2 rings (SSSR count). The van der Waals surface area contributed by atoms with Crippen LogP contribution in [0.1, 0.15) is 37.0 Å². The molecule has 0 heterocycles. The van der Waals surface area contributed by atoms with Gasteiger partial charge in [0, 0.05) is 12.3 Å². The van der Waals surface area contributed by atoms with E-state index in [1.54, 1.807) is 0 Å². The minimum atomic E-state index is 0.259. The predicted octanol–water partition coefficient (Wildman–Crippen LogP) is 3.46. The van der Waals surface area contributed by atoms with Crippen molar-refractivity contribution in [3.63, 3.8) is 0 Å². The minimum absolute atomic E-state index is 0.259. The minimum Gasteiger partial charge on any atom is -0.299 e. The van der Waals surface area contributed by atoms with Crippen LogP contribution in [-0.4, -0.2) is 5.78 Å². The molecule has 1 fully saturated rings. The van der Waals surface area contributed by atoms with Gasteiger partial charge in [-0.25, -0.2) is 0 Å². The Kier molecular flexibility index (Phi) is 2.65. The lowest BCUT2D eigenvalue weighted by molar-refractivity contribution is -0.120. The van der Waals surface area contributed by atoms with E-state index < -0.39 is 0 Å². The van der Waals surface area contributed by atoms with Crippen LogP contribution >= 0.6 is 0 Å². The number of hydrogen-bond donors (Lipinski definition) is 0. The van der Waals surface area contributed by atoms with Gasteiger partial charge in [0.05, 0.1) is 0 Å². The fraction of sp³-hybridized carbons (Fsp3) is 0.533. The average molecular weight is 216 g/mol. The molecule has 0 aliphatic heterocycles. The third-order valence-electron chi connectivity index (χ3n) is 3.77. The number of Topliss-reactive ketones (excluding diaryl/α,β-unsaturated/α-hetero) is 1. The fourth-order valence-corrected chi connectivity index (χ4v) is 2.32. The number of ketones is 1. The Morgan fingerprint density at radius 2 is 2.00 bits per heavy atom. The van der Waals surface area contributed by atoms with Gasteiger partial charge in [0.2, 0.25) is 0 Å². The largest absolute Gasteiger partial charge is 0.299 e. The maximum atomic E-state index is 12.1. The van der Waals surface area contributed by atoms with Crippen molar-refractivity contribution in [1.82, 2.24) is 0 Å². The van der Waals surface area contributed by atoms with Crippen LogP contribution in [0.4, 0.5) is 0 Å². The summed E-state index contributed by atoms with van der Waals surface area (Å²) in [7, 11) is 0. The van der Waals surface area contributed by atoms with Crippen LogP contribution in [0, 0.1) is 25.2 Å². The highest BCUT2D eigenvalue weighted by Gasteiger charge is 2.49. The average Bonchev–Trinajstić information content (AvgIpc) is 2.82. The van der Waals surface area contributed by atoms with E-state index in [1.807, 2.05) is 0 Å². The summed E-state index contributed by atoms with van der Waals surface area (Å²) in [6.45, 7) is 8.52. The summed E-state index contributed by atoms with van der Waals surface area (Å²) in [5.74, 6) is 0.714. The standard InChI is InChI=1S/C15H20O/c1-10-5-6-11(2)12(7-10)8-14(16)13-9-15(13,3)4/h5-7,13H,8-9H2,1-4H3. The number of carbonyl (C=O) groups excluding carboxylic acids is 1. The van der Waals surface area contributed by atoms with Crippen molar-refractivity contribution in [2.45, 2.75) is 40.5 Å². The third-order valence-corrected chi connectivity index (χ3v) is 3.77. The molecule has 0 amide bonds. The van der Waals surface area contributed by atoms with Crippen LogP contribution in [0.15, 0.2) is 18.2 Å². The van der Waals surface area contributed by atoms with E-state index in [0.717, 1.165) is 6.42 Å². The van der Waals surface area contributed by atoms with Crippen molar-refractivity contribution < 1.29 is 4.79 Å². The molecule has 1 saturated carbocycles. The molecule has 1 aliphatic rings. The summed E-state index contributed by atoms with van der Waals surface area (Å²) in [6.07, 6.45) is 1.68. The van der Waals surface area contributed by atoms with Gasteiger partial charge in [-0.05, 0) is 36.8 Å². The Hall–Kier alpha value is -1.11. The molecule has 16 heavy (non-hydrogen) atoms. The second-order valence-electron chi connectivity index (χ2n) is 5.82. The lowest BCUT2D eigenvalue weighted by Crippen LogP contribution is -2.10. The Bertz CT molecular complexity index is 429. The SMILES string of the molecule is Cc1ccc(C)c(CC(=O)C2CC2(C)C)c1. The fourth-order valence-electron chi connectivity index (χ4n) is 2.32. The lowest BCUT2D eigenvalue weighted by atomic mass is 9.97. The van der Waals surface area contributed by atoms with Gasteiger partial charge in [0.25, 0.3) is 0 Å². The van der Waals surface area contributed by atoms with E-state index in [-0.39, 0.29) is 5.41 Å². The van der Waals surface area contributed by atoms with Crippen LogP contribution in [0.25, 0.3) is 0 Å². The summed E-state index contributed by atoms with van der Waals surface area (Å²) < 4.78 is 0. The molecule has 1 aromatic rings. The van der Waals surface area contributed by atoms with Gasteiger partial charge in [-0.2, -0.15) is 0 Å². The van der Waals surface area contributed by atoms with Crippen molar-refractivity contribution in [1.29, 1.82) is 0 Å². The van der Waals surface area contributed by atoms with E-state index in [9.17, 15) is 4.79 Å². The number of hydrogen-bond acceptors (Lipinski definition) is 1.